The number of carbonyl (C=O) groups excluding carboxylic acids is 4. The van der Waals surface area contributed by atoms with Crippen molar-refractivity contribution in [3.63, 3.8) is 0 Å². The summed E-state index contributed by atoms with van der Waals surface area (Å²) in [5.41, 5.74) is 0.620. The highest BCUT2D eigenvalue weighted by Gasteiger charge is 2.38. The number of aromatic nitrogens is 1. The molecule has 7 rings (SSSR count). The van der Waals surface area contributed by atoms with Crippen LogP contribution in [0.25, 0.3) is 22.2 Å². The van der Waals surface area contributed by atoms with Crippen LogP contribution in [-0.4, -0.2) is 90.6 Å². The first-order chi connectivity index (χ1) is 27.8. The fraction of sp³-hybridized carbons (Fsp3) is 0.442. The van der Waals surface area contributed by atoms with E-state index in [1.807, 2.05) is 27.6 Å². The molecule has 2 saturated heterocycles. The topological polar surface area (TPSA) is 131 Å². The van der Waals surface area contributed by atoms with Crippen LogP contribution in [0.4, 0.5) is 33.7 Å². The lowest BCUT2D eigenvalue weighted by Gasteiger charge is -2.31. The molecule has 1 aromatic heterocycles. The van der Waals surface area contributed by atoms with Gasteiger partial charge in [0.15, 0.2) is 23.3 Å². The second-order valence-electron chi connectivity index (χ2n) is 16.1. The van der Waals surface area contributed by atoms with Crippen molar-refractivity contribution in [2.24, 2.45) is 0 Å². The van der Waals surface area contributed by atoms with Gasteiger partial charge in [-0.15, -0.1) is 0 Å². The van der Waals surface area contributed by atoms with Gasteiger partial charge in [-0.1, -0.05) is 0 Å². The molecule has 2 N–H and O–H groups in total. The number of amides is 2. The van der Waals surface area contributed by atoms with Crippen LogP contribution in [0.15, 0.2) is 48.5 Å². The van der Waals surface area contributed by atoms with Crippen molar-refractivity contribution in [3.05, 3.63) is 77.4 Å². The molecular formula is C43H53F4N5O7. The van der Waals surface area contributed by atoms with Gasteiger partial charge in [-0.25, -0.2) is 22.4 Å². The zero-order valence-electron chi connectivity index (χ0n) is 34.7. The third-order valence-corrected chi connectivity index (χ3v) is 9.43. The Morgan fingerprint density at radius 3 is 2.00 bits per heavy atom. The highest BCUT2D eigenvalue weighted by atomic mass is 19.2. The summed E-state index contributed by atoms with van der Waals surface area (Å²) in [5.74, 6) is -6.37. The largest absolute Gasteiger partial charge is 0.465 e. The summed E-state index contributed by atoms with van der Waals surface area (Å²) in [6.45, 7) is 16.2. The zero-order valence-corrected chi connectivity index (χ0v) is 34.7. The van der Waals surface area contributed by atoms with Crippen LogP contribution in [0.1, 0.15) is 79.0 Å². The zero-order chi connectivity index (χ0) is 43.8. The van der Waals surface area contributed by atoms with E-state index < -0.39 is 52.8 Å². The predicted molar refractivity (Wildman–Crippen MR) is 217 cm³/mol. The molecule has 3 aliphatic heterocycles. The van der Waals surface area contributed by atoms with E-state index >= 15 is 8.78 Å². The molecule has 4 aromatic rings. The maximum Gasteiger partial charge on any atom is 0.410 e. The molecule has 16 heteroatoms. The lowest BCUT2D eigenvalue weighted by molar-refractivity contribution is -0.138. The molecule has 0 bridgehead atoms. The number of carbonyl (C=O) groups is 4. The minimum absolute atomic E-state index is 0.155. The van der Waals surface area contributed by atoms with Gasteiger partial charge in [-0.2, -0.15) is 0 Å². The molecule has 59 heavy (non-hydrogen) atoms. The standard InChI is InChI=1S/C32H30F4N4O4.C5H11N.C5H10O2.CH2O/c1-32(2,3)44-31(42)39-11-5-6-23(39)29(41)38-18-8-10-22-16(12-18)13-24-19-9-7-17(37-4)14-25(19)43-30(40(22)24)26-27(35)20(33)15-21(34)28(26)36;1-6-4-2-3-5-6;1-5(2,3)7-4-6;1-2/h7-10,12-15,23,30,37H,5-6,11H2,1-4H3,(H,38,41);2-5H2,1H3;4H,1-3H3;1H2. The molecule has 4 heterocycles. The molecule has 320 valence electrons. The predicted octanol–water partition coefficient (Wildman–Crippen LogP) is 8.67. The number of nitrogens with one attached hydrogen (secondary N) is 2. The van der Waals surface area contributed by atoms with E-state index in [-0.39, 0.29) is 23.3 Å². The number of hydrogen-bond acceptors (Lipinski definition) is 9. The number of nitrogens with zero attached hydrogens (tertiary/aromatic N) is 3. The van der Waals surface area contributed by atoms with Crippen molar-refractivity contribution in [3.8, 4) is 17.0 Å². The van der Waals surface area contributed by atoms with Crippen molar-refractivity contribution >= 4 is 47.5 Å². The summed E-state index contributed by atoms with van der Waals surface area (Å²) in [7, 11) is 3.86. The van der Waals surface area contributed by atoms with E-state index in [4.69, 9.17) is 14.3 Å². The third-order valence-electron chi connectivity index (χ3n) is 9.43. The second-order valence-corrected chi connectivity index (χ2v) is 16.1. The Kier molecular flexibility index (Phi) is 15.1. The number of halogens is 4. The molecule has 0 aliphatic carbocycles. The van der Waals surface area contributed by atoms with Crippen LogP contribution in [-0.2, 0) is 23.9 Å². The van der Waals surface area contributed by atoms with Crippen molar-refractivity contribution < 1.29 is 51.0 Å². The minimum atomic E-state index is -1.59. The normalized spacial score (nSPS) is 17.1. The highest BCUT2D eigenvalue weighted by molar-refractivity contribution is 5.99. The Bertz CT molecular complexity index is 2100. The molecule has 2 fully saturated rings. The van der Waals surface area contributed by atoms with E-state index in [2.05, 4.69) is 27.3 Å². The third kappa shape index (κ3) is 11.3. The van der Waals surface area contributed by atoms with Gasteiger partial charge in [0.05, 0.1) is 16.8 Å². The average molecular weight is 828 g/mol. The SMILES string of the molecule is C=O.CC(C)(C)OC=O.CN1CCCC1.CNc1ccc2c(c1)OC(c1c(F)c(F)cc(F)c1F)n1c-2cc2cc(NC(=O)C3CCCN3C(=O)OC(C)(C)C)ccc21. The molecule has 3 aromatic carbocycles. The van der Waals surface area contributed by atoms with Crippen LogP contribution >= 0.6 is 0 Å². The molecule has 2 atom stereocenters. The van der Waals surface area contributed by atoms with E-state index in [1.165, 1.54) is 35.4 Å². The van der Waals surface area contributed by atoms with Crippen molar-refractivity contribution in [2.45, 2.75) is 90.7 Å². The fourth-order valence-corrected chi connectivity index (χ4v) is 6.75. The molecule has 2 unspecified atom stereocenters. The summed E-state index contributed by atoms with van der Waals surface area (Å²) in [6.07, 6.45) is 1.79. The van der Waals surface area contributed by atoms with Gasteiger partial charge in [0, 0.05) is 48.0 Å². The number of benzene rings is 3. The Labute approximate surface area is 341 Å². The lowest BCUT2D eigenvalue weighted by atomic mass is 10.1. The van der Waals surface area contributed by atoms with Gasteiger partial charge in [0.1, 0.15) is 29.8 Å². The minimum Gasteiger partial charge on any atom is -0.465 e. The summed E-state index contributed by atoms with van der Waals surface area (Å²) >= 11 is 0. The van der Waals surface area contributed by atoms with Gasteiger partial charge >= 0.3 is 6.09 Å². The monoisotopic (exact) mass is 827 g/mol. The number of rotatable bonds is 5. The molecule has 3 aliphatic rings. The summed E-state index contributed by atoms with van der Waals surface area (Å²) in [5, 5.41) is 6.38. The van der Waals surface area contributed by atoms with Crippen LogP contribution in [0.5, 0.6) is 5.75 Å². The van der Waals surface area contributed by atoms with Gasteiger partial charge in [0.25, 0.3) is 6.47 Å². The Morgan fingerprint density at radius 2 is 1.47 bits per heavy atom. The lowest BCUT2D eigenvalue weighted by Crippen LogP contribution is -2.45. The van der Waals surface area contributed by atoms with Crippen molar-refractivity contribution in [1.82, 2.24) is 14.4 Å². The van der Waals surface area contributed by atoms with Crippen LogP contribution in [0, 0.1) is 23.3 Å². The first-order valence-electron chi connectivity index (χ1n) is 19.2. The number of ether oxygens (including phenoxy) is 3. The highest BCUT2D eigenvalue weighted by Crippen LogP contribution is 2.46. The smallest absolute Gasteiger partial charge is 0.410 e. The molecule has 0 saturated carbocycles. The average Bonchev–Trinajstić information content (AvgIpc) is 3.94. The molecule has 0 radical (unpaired) electrons. The summed E-state index contributed by atoms with van der Waals surface area (Å²) in [4.78, 5) is 47.4. The molecule has 2 amide bonds. The van der Waals surface area contributed by atoms with Gasteiger partial charge in [-0.05, 0) is 124 Å². The number of hydrogen-bond donors (Lipinski definition) is 2. The van der Waals surface area contributed by atoms with Gasteiger partial charge in [-0.3, -0.25) is 14.5 Å². The van der Waals surface area contributed by atoms with Gasteiger partial charge < -0.3 is 39.1 Å². The fourth-order valence-electron chi connectivity index (χ4n) is 6.75. The number of anilines is 2. The van der Waals surface area contributed by atoms with E-state index in [0.29, 0.717) is 59.4 Å². The van der Waals surface area contributed by atoms with Gasteiger partial charge in [0.2, 0.25) is 12.1 Å². The Balaban J connectivity index is 0.000000436. The van der Waals surface area contributed by atoms with E-state index in [9.17, 15) is 23.2 Å². The Morgan fingerprint density at radius 1 is 0.847 bits per heavy atom. The quantitative estimate of drug-likeness (QED) is 0.115. The second kappa shape index (κ2) is 19.4. The molecule has 12 nitrogen and oxygen atoms in total. The maximum atomic E-state index is 15.1. The van der Waals surface area contributed by atoms with E-state index in [1.54, 1.807) is 70.3 Å². The Hall–Kier alpha value is -5.64. The number of fused-ring (bicyclic) bond motifs is 5. The van der Waals surface area contributed by atoms with Crippen molar-refractivity contribution in [1.29, 1.82) is 0 Å². The van der Waals surface area contributed by atoms with Crippen molar-refractivity contribution in [2.75, 3.05) is 44.4 Å². The first kappa shape index (κ1) is 46.1. The van der Waals surface area contributed by atoms with Crippen LogP contribution < -0.4 is 15.4 Å². The van der Waals surface area contributed by atoms with Crippen LogP contribution in [0.2, 0.25) is 0 Å². The molecular weight excluding hydrogens is 774 g/mol. The van der Waals surface area contributed by atoms with E-state index in [0.717, 1.165) is 0 Å². The molecule has 0 spiro atoms. The number of likely N-dealkylation sites (tertiary alicyclic amines) is 2. The first-order valence-corrected chi connectivity index (χ1v) is 19.2. The van der Waals surface area contributed by atoms with Crippen LogP contribution in [0.3, 0.4) is 0 Å². The summed E-state index contributed by atoms with van der Waals surface area (Å²) in [6, 6.07) is 11.2. The summed E-state index contributed by atoms with van der Waals surface area (Å²) < 4.78 is 76.4. The maximum absolute atomic E-state index is 15.1.